The number of hydrogen-bond acceptors (Lipinski definition) is 8. The van der Waals surface area contributed by atoms with Gasteiger partial charge in [-0.15, -0.1) is 13.2 Å². The van der Waals surface area contributed by atoms with Crippen molar-refractivity contribution < 1.29 is 41.4 Å². The molecular weight excluding hydrogens is 497 g/mol. The van der Waals surface area contributed by atoms with Crippen molar-refractivity contribution in [2.45, 2.75) is 32.4 Å². The van der Waals surface area contributed by atoms with Gasteiger partial charge >= 0.3 is 12.5 Å². The number of alkyl halides is 3. The number of carbonyl (C=O) groups is 2. The molecule has 1 unspecified atom stereocenters. The molecule has 4 rings (SSSR count). The third-order valence-electron chi connectivity index (χ3n) is 5.24. The fourth-order valence-electron chi connectivity index (χ4n) is 3.52. The van der Waals surface area contributed by atoms with Crippen molar-refractivity contribution in [1.29, 1.82) is 0 Å². The Kier molecular flexibility index (Phi) is 7.32. The molecule has 2 aromatic carbocycles. The lowest BCUT2D eigenvalue weighted by Crippen LogP contribution is -2.41. The number of hydrazone groups is 1. The number of benzene rings is 2. The molecule has 37 heavy (non-hydrogen) atoms. The number of anilines is 1. The van der Waals surface area contributed by atoms with E-state index in [2.05, 4.69) is 20.1 Å². The Morgan fingerprint density at radius 3 is 2.54 bits per heavy atom. The van der Waals surface area contributed by atoms with Crippen LogP contribution in [0.4, 0.5) is 23.7 Å². The monoisotopic (exact) mass is 518 g/mol. The molecule has 0 aliphatic carbocycles. The van der Waals surface area contributed by atoms with Crippen LogP contribution in [0.5, 0.6) is 11.5 Å². The Hall–Kier alpha value is -4.55. The minimum Gasteiger partial charge on any atom is -0.493 e. The van der Waals surface area contributed by atoms with E-state index >= 15 is 0 Å². The lowest BCUT2D eigenvalue weighted by Gasteiger charge is -2.29. The van der Waals surface area contributed by atoms with Gasteiger partial charge in [0.05, 0.1) is 19.9 Å². The van der Waals surface area contributed by atoms with Crippen LogP contribution in [-0.4, -0.2) is 47.3 Å². The second-order valence-electron chi connectivity index (χ2n) is 7.75. The minimum absolute atomic E-state index is 0.0111. The quantitative estimate of drug-likeness (QED) is 0.448. The SMILES string of the molecule is CCC1OC(=O)N(Cc2ccc(NC(=O)c3cnco3)cc2)N=C1c1ccc(OC)c(OC(F)(F)F)c1. The largest absolute Gasteiger partial charge is 0.573 e. The van der Waals surface area contributed by atoms with Crippen LogP contribution >= 0.6 is 0 Å². The van der Waals surface area contributed by atoms with E-state index in [-0.39, 0.29) is 29.3 Å². The molecule has 0 spiro atoms. The summed E-state index contributed by atoms with van der Waals surface area (Å²) in [6.45, 7) is 1.77. The predicted molar refractivity (Wildman–Crippen MR) is 123 cm³/mol. The molecule has 3 aromatic rings. The molecule has 10 nitrogen and oxygen atoms in total. The number of aromatic nitrogens is 1. The molecule has 0 bridgehead atoms. The Morgan fingerprint density at radius 2 is 1.92 bits per heavy atom. The van der Waals surface area contributed by atoms with Crippen molar-refractivity contribution in [2.24, 2.45) is 5.10 Å². The number of oxazole rings is 1. The molecule has 2 heterocycles. The van der Waals surface area contributed by atoms with E-state index in [1.165, 1.54) is 25.4 Å². The standard InChI is InChI=1S/C24H21F3N4O6/c1-3-17-21(15-6-9-18(34-2)19(10-15)37-24(25,26)27)30-31(23(33)36-17)12-14-4-7-16(8-5-14)29-22(32)20-11-28-13-35-20/h4-11,13,17H,3,12H2,1-2H3,(H,29,32). The summed E-state index contributed by atoms with van der Waals surface area (Å²) in [5.74, 6) is -1.08. The highest BCUT2D eigenvalue weighted by atomic mass is 19.4. The van der Waals surface area contributed by atoms with Crippen molar-refractivity contribution in [3.05, 3.63) is 71.9 Å². The zero-order valence-electron chi connectivity index (χ0n) is 19.6. The second-order valence-corrected chi connectivity index (χ2v) is 7.75. The molecular formula is C24H21F3N4O6. The zero-order valence-corrected chi connectivity index (χ0v) is 19.6. The first-order valence-electron chi connectivity index (χ1n) is 11.0. The predicted octanol–water partition coefficient (Wildman–Crippen LogP) is 4.97. The Labute approximate surface area is 208 Å². The first kappa shape index (κ1) is 25.5. The summed E-state index contributed by atoms with van der Waals surface area (Å²) in [5, 5.41) is 8.10. The molecule has 194 valence electrons. The number of nitrogens with zero attached hydrogens (tertiary/aromatic N) is 3. The van der Waals surface area contributed by atoms with Crippen LogP contribution in [0.3, 0.4) is 0 Å². The van der Waals surface area contributed by atoms with Crippen molar-refractivity contribution in [1.82, 2.24) is 9.99 Å². The van der Waals surface area contributed by atoms with E-state index in [9.17, 15) is 22.8 Å². The Bertz CT molecular complexity index is 1290. The van der Waals surface area contributed by atoms with Crippen LogP contribution in [0.1, 0.15) is 35.0 Å². The first-order valence-corrected chi connectivity index (χ1v) is 11.0. The Balaban J connectivity index is 1.55. The van der Waals surface area contributed by atoms with Crippen molar-refractivity contribution >= 4 is 23.4 Å². The number of rotatable bonds is 8. The third-order valence-corrected chi connectivity index (χ3v) is 5.24. The minimum atomic E-state index is -4.93. The van der Waals surface area contributed by atoms with Crippen LogP contribution in [-0.2, 0) is 11.3 Å². The maximum Gasteiger partial charge on any atom is 0.573 e. The fraction of sp³-hybridized carbons (Fsp3) is 0.250. The van der Waals surface area contributed by atoms with Crippen LogP contribution in [0, 0.1) is 0 Å². The smallest absolute Gasteiger partial charge is 0.493 e. The first-order chi connectivity index (χ1) is 17.7. The molecule has 0 saturated heterocycles. The van der Waals surface area contributed by atoms with E-state index < -0.39 is 30.2 Å². The normalized spacial score (nSPS) is 15.6. The van der Waals surface area contributed by atoms with Gasteiger partial charge in [0.1, 0.15) is 11.8 Å². The highest BCUT2D eigenvalue weighted by Crippen LogP contribution is 2.34. The maximum absolute atomic E-state index is 12.9. The summed E-state index contributed by atoms with van der Waals surface area (Å²) in [6, 6.07) is 10.6. The van der Waals surface area contributed by atoms with Gasteiger partial charge in [0.2, 0.25) is 5.76 Å². The molecule has 0 fully saturated rings. The van der Waals surface area contributed by atoms with Crippen LogP contribution in [0.15, 0.2) is 64.6 Å². The number of carbonyl (C=O) groups excluding carboxylic acids is 2. The maximum atomic E-state index is 12.9. The van der Waals surface area contributed by atoms with E-state index in [0.717, 1.165) is 17.5 Å². The molecule has 13 heteroatoms. The van der Waals surface area contributed by atoms with Gasteiger partial charge in [-0.2, -0.15) is 10.1 Å². The average Bonchev–Trinajstić information content (AvgIpc) is 3.40. The van der Waals surface area contributed by atoms with Gasteiger partial charge in [-0.1, -0.05) is 19.1 Å². The number of cyclic esters (lactones) is 1. The Morgan fingerprint density at radius 1 is 1.16 bits per heavy atom. The molecule has 2 amide bonds. The summed E-state index contributed by atoms with van der Waals surface area (Å²) < 4.78 is 58.1. The number of nitrogens with one attached hydrogen (secondary N) is 1. The topological polar surface area (TPSA) is 115 Å². The van der Waals surface area contributed by atoms with Gasteiger partial charge in [0.25, 0.3) is 5.91 Å². The number of ether oxygens (including phenoxy) is 3. The van der Waals surface area contributed by atoms with Crippen molar-refractivity contribution in [3.8, 4) is 11.5 Å². The summed E-state index contributed by atoms with van der Waals surface area (Å²) in [5.41, 5.74) is 1.67. The number of methoxy groups -OCH3 is 1. The van der Waals surface area contributed by atoms with Gasteiger partial charge in [-0.3, -0.25) is 4.79 Å². The van der Waals surface area contributed by atoms with E-state index in [0.29, 0.717) is 17.7 Å². The van der Waals surface area contributed by atoms with Crippen LogP contribution in [0.2, 0.25) is 0 Å². The molecule has 1 aliphatic heterocycles. The van der Waals surface area contributed by atoms with E-state index in [4.69, 9.17) is 13.9 Å². The third kappa shape index (κ3) is 6.18. The van der Waals surface area contributed by atoms with E-state index in [1.807, 2.05) is 0 Å². The second kappa shape index (κ2) is 10.6. The molecule has 1 N–H and O–H groups in total. The summed E-state index contributed by atoms with van der Waals surface area (Å²) in [7, 11) is 1.22. The van der Waals surface area contributed by atoms with Gasteiger partial charge in [0, 0.05) is 11.3 Å². The number of hydrogen-bond donors (Lipinski definition) is 1. The number of halogens is 3. The van der Waals surface area contributed by atoms with Gasteiger partial charge in [0.15, 0.2) is 17.9 Å². The van der Waals surface area contributed by atoms with Gasteiger partial charge < -0.3 is 23.9 Å². The highest BCUT2D eigenvalue weighted by molar-refractivity contribution is 6.06. The van der Waals surface area contributed by atoms with Crippen molar-refractivity contribution in [3.63, 3.8) is 0 Å². The summed E-state index contributed by atoms with van der Waals surface area (Å²) >= 11 is 0. The summed E-state index contributed by atoms with van der Waals surface area (Å²) in [4.78, 5) is 28.3. The molecule has 1 aliphatic rings. The molecule has 1 atom stereocenters. The highest BCUT2D eigenvalue weighted by Gasteiger charge is 2.34. The van der Waals surface area contributed by atoms with E-state index in [1.54, 1.807) is 31.2 Å². The fourth-order valence-corrected chi connectivity index (χ4v) is 3.52. The lowest BCUT2D eigenvalue weighted by molar-refractivity contribution is -0.275. The number of amides is 2. The summed E-state index contributed by atoms with van der Waals surface area (Å²) in [6.07, 6.45) is -3.64. The van der Waals surface area contributed by atoms with Crippen LogP contribution < -0.4 is 14.8 Å². The average molecular weight is 518 g/mol. The molecule has 0 radical (unpaired) electrons. The van der Waals surface area contributed by atoms with Crippen molar-refractivity contribution in [2.75, 3.05) is 12.4 Å². The lowest BCUT2D eigenvalue weighted by atomic mass is 10.0. The van der Waals surface area contributed by atoms with Crippen LogP contribution in [0.25, 0.3) is 0 Å². The molecule has 1 aromatic heterocycles. The van der Waals surface area contributed by atoms with Gasteiger partial charge in [-0.05, 0) is 42.3 Å². The van der Waals surface area contributed by atoms with Gasteiger partial charge in [-0.25, -0.2) is 9.78 Å². The zero-order chi connectivity index (χ0) is 26.6. The molecule has 0 saturated carbocycles.